The first kappa shape index (κ1) is 10.7. The molecule has 1 N–H and O–H groups in total. The Kier molecular flexibility index (Phi) is 3.82. The minimum absolute atomic E-state index is 0.0729. The van der Waals surface area contributed by atoms with Crippen molar-refractivity contribution in [3.63, 3.8) is 0 Å². The molecule has 5 heteroatoms. The molecule has 1 atom stereocenters. The minimum Gasteiger partial charge on any atom is -0.314 e. The summed E-state index contributed by atoms with van der Waals surface area (Å²) >= 11 is 0. The maximum Gasteiger partial charge on any atom is 0.406 e. The van der Waals surface area contributed by atoms with Crippen molar-refractivity contribution in [2.75, 3.05) is 7.05 Å². The fourth-order valence-corrected chi connectivity index (χ4v) is 0.836. The van der Waals surface area contributed by atoms with Gasteiger partial charge in [-0.3, -0.25) is 0 Å². The fraction of sp³-hybridized carbons (Fsp3) is 1.00. The Morgan fingerprint density at radius 3 is 2.00 bits per heavy atom. The Balaban J connectivity index is 4.10. The monoisotopic (exact) mass is 171 g/mol. The summed E-state index contributed by atoms with van der Waals surface area (Å²) in [6.45, 7) is 1.64. The molecule has 1 unspecified atom stereocenters. The van der Waals surface area contributed by atoms with E-state index in [1.807, 2.05) is 0 Å². The smallest absolute Gasteiger partial charge is 0.314 e. The van der Waals surface area contributed by atoms with Crippen molar-refractivity contribution in [1.82, 2.24) is 5.06 Å². The number of hydroxylamine groups is 2. The third-order valence-corrected chi connectivity index (χ3v) is 1.39. The summed E-state index contributed by atoms with van der Waals surface area (Å²) in [5.41, 5.74) is 0. The van der Waals surface area contributed by atoms with Crippen LogP contribution in [0, 0.1) is 0 Å². The van der Waals surface area contributed by atoms with Gasteiger partial charge in [-0.1, -0.05) is 13.3 Å². The normalized spacial score (nSPS) is 15.5. The van der Waals surface area contributed by atoms with Crippen LogP contribution in [0.15, 0.2) is 0 Å². The van der Waals surface area contributed by atoms with Gasteiger partial charge in [-0.15, -0.1) is 0 Å². The average Bonchev–Trinajstić information content (AvgIpc) is 1.79. The maximum absolute atomic E-state index is 12.0. The van der Waals surface area contributed by atoms with Gasteiger partial charge in [0.15, 0.2) is 0 Å². The molecular formula is C6H12F3NO. The second-order valence-corrected chi connectivity index (χ2v) is 2.42. The first-order valence-electron chi connectivity index (χ1n) is 3.38. The second-order valence-electron chi connectivity index (χ2n) is 2.42. The average molecular weight is 171 g/mol. The van der Waals surface area contributed by atoms with Gasteiger partial charge < -0.3 is 5.21 Å². The number of hydrogen-bond acceptors (Lipinski definition) is 2. The number of alkyl halides is 3. The summed E-state index contributed by atoms with van der Waals surface area (Å²) in [5, 5.41) is 8.80. The van der Waals surface area contributed by atoms with E-state index >= 15 is 0 Å². The van der Waals surface area contributed by atoms with Crippen LogP contribution < -0.4 is 0 Å². The zero-order valence-corrected chi connectivity index (χ0v) is 6.52. The van der Waals surface area contributed by atoms with Crippen LogP contribution in [0.4, 0.5) is 13.2 Å². The molecule has 0 aromatic carbocycles. The summed E-state index contributed by atoms with van der Waals surface area (Å²) in [6.07, 6.45) is -4.01. The molecule has 0 aromatic rings. The lowest BCUT2D eigenvalue weighted by atomic mass is 10.1. The summed E-state index contributed by atoms with van der Waals surface area (Å²) in [4.78, 5) is 0. The number of nitrogens with zero attached hydrogens (tertiary/aromatic N) is 1. The van der Waals surface area contributed by atoms with E-state index in [0.717, 1.165) is 7.05 Å². The lowest BCUT2D eigenvalue weighted by molar-refractivity contribution is -0.243. The van der Waals surface area contributed by atoms with Gasteiger partial charge >= 0.3 is 6.18 Å². The molecule has 0 saturated carbocycles. The van der Waals surface area contributed by atoms with Gasteiger partial charge in [-0.25, -0.2) is 0 Å². The highest BCUT2D eigenvalue weighted by atomic mass is 19.4. The Morgan fingerprint density at radius 1 is 1.45 bits per heavy atom. The predicted octanol–water partition coefficient (Wildman–Crippen LogP) is 2.04. The van der Waals surface area contributed by atoms with Crippen LogP contribution in [-0.4, -0.2) is 29.5 Å². The molecule has 0 aliphatic carbocycles. The standard InChI is InChI=1S/C6H12F3NO/c1-3-4-5(10(2)11)6(7,8)9/h5,11H,3-4H2,1-2H3. The molecule has 11 heavy (non-hydrogen) atoms. The summed E-state index contributed by atoms with van der Waals surface area (Å²) in [5.74, 6) is 0. The minimum atomic E-state index is -4.33. The second kappa shape index (κ2) is 3.92. The summed E-state index contributed by atoms with van der Waals surface area (Å²) < 4.78 is 35.9. The first-order valence-corrected chi connectivity index (χ1v) is 3.38. The van der Waals surface area contributed by atoms with E-state index in [1.165, 1.54) is 0 Å². The quantitative estimate of drug-likeness (QED) is 0.657. The van der Waals surface area contributed by atoms with E-state index in [4.69, 9.17) is 5.21 Å². The van der Waals surface area contributed by atoms with E-state index in [2.05, 4.69) is 0 Å². The van der Waals surface area contributed by atoms with Crippen LogP contribution in [0.25, 0.3) is 0 Å². The first-order chi connectivity index (χ1) is 4.89. The van der Waals surface area contributed by atoms with Gasteiger partial charge in [0.25, 0.3) is 0 Å². The molecule has 0 radical (unpaired) electrons. The molecule has 0 fully saturated rings. The highest BCUT2D eigenvalue weighted by Crippen LogP contribution is 2.26. The Bertz CT molecular complexity index is 113. The lowest BCUT2D eigenvalue weighted by Crippen LogP contribution is -2.41. The molecule has 0 spiro atoms. The molecule has 0 amide bonds. The Labute approximate surface area is 63.6 Å². The van der Waals surface area contributed by atoms with E-state index in [0.29, 0.717) is 6.42 Å². The van der Waals surface area contributed by atoms with Gasteiger partial charge in [0.2, 0.25) is 0 Å². The topological polar surface area (TPSA) is 23.5 Å². The van der Waals surface area contributed by atoms with E-state index in [-0.39, 0.29) is 11.5 Å². The molecule has 0 bridgehead atoms. The van der Waals surface area contributed by atoms with Crippen LogP contribution in [0.2, 0.25) is 0 Å². The molecule has 0 heterocycles. The molecule has 2 nitrogen and oxygen atoms in total. The van der Waals surface area contributed by atoms with Gasteiger partial charge in [0.05, 0.1) is 0 Å². The van der Waals surface area contributed by atoms with Crippen LogP contribution in [0.5, 0.6) is 0 Å². The van der Waals surface area contributed by atoms with Crippen molar-refractivity contribution in [2.24, 2.45) is 0 Å². The highest BCUT2D eigenvalue weighted by Gasteiger charge is 2.41. The van der Waals surface area contributed by atoms with Crippen molar-refractivity contribution in [1.29, 1.82) is 0 Å². The lowest BCUT2D eigenvalue weighted by Gasteiger charge is -2.24. The molecule has 0 aromatic heterocycles. The SMILES string of the molecule is CCCC(N(C)O)C(F)(F)F. The third-order valence-electron chi connectivity index (χ3n) is 1.39. The van der Waals surface area contributed by atoms with Gasteiger partial charge in [-0.05, 0) is 6.42 Å². The molecule has 0 saturated heterocycles. The Morgan fingerprint density at radius 2 is 1.91 bits per heavy atom. The van der Waals surface area contributed by atoms with Crippen molar-refractivity contribution >= 4 is 0 Å². The summed E-state index contributed by atoms with van der Waals surface area (Å²) in [6, 6.07) is -1.73. The van der Waals surface area contributed by atoms with Crippen molar-refractivity contribution < 1.29 is 18.4 Å². The number of halogens is 3. The predicted molar refractivity (Wildman–Crippen MR) is 34.3 cm³/mol. The van der Waals surface area contributed by atoms with E-state index in [9.17, 15) is 13.2 Å². The van der Waals surface area contributed by atoms with Crippen LogP contribution in [-0.2, 0) is 0 Å². The maximum atomic E-state index is 12.0. The van der Waals surface area contributed by atoms with E-state index < -0.39 is 12.2 Å². The number of rotatable bonds is 3. The zero-order chi connectivity index (χ0) is 9.07. The molecule has 0 aliphatic rings. The van der Waals surface area contributed by atoms with Gasteiger partial charge in [0, 0.05) is 7.05 Å². The largest absolute Gasteiger partial charge is 0.406 e. The number of hydrogen-bond donors (Lipinski definition) is 1. The highest BCUT2D eigenvalue weighted by molar-refractivity contribution is 4.71. The van der Waals surface area contributed by atoms with Crippen molar-refractivity contribution in [3.05, 3.63) is 0 Å². The van der Waals surface area contributed by atoms with Crippen molar-refractivity contribution in [2.45, 2.75) is 32.0 Å². The molecule has 0 rings (SSSR count). The van der Waals surface area contributed by atoms with Crippen LogP contribution in [0.1, 0.15) is 19.8 Å². The van der Waals surface area contributed by atoms with Gasteiger partial charge in [0.1, 0.15) is 6.04 Å². The van der Waals surface area contributed by atoms with Gasteiger partial charge in [-0.2, -0.15) is 18.2 Å². The van der Waals surface area contributed by atoms with Crippen LogP contribution >= 0.6 is 0 Å². The fourth-order valence-electron chi connectivity index (χ4n) is 0.836. The van der Waals surface area contributed by atoms with Crippen molar-refractivity contribution in [3.8, 4) is 0 Å². The summed E-state index contributed by atoms with van der Waals surface area (Å²) in [7, 11) is 1.01. The third kappa shape index (κ3) is 3.57. The molecule has 0 aliphatic heterocycles. The molecule has 68 valence electrons. The molecular weight excluding hydrogens is 159 g/mol. The zero-order valence-electron chi connectivity index (χ0n) is 6.52. The van der Waals surface area contributed by atoms with Crippen LogP contribution in [0.3, 0.4) is 0 Å². The van der Waals surface area contributed by atoms with E-state index in [1.54, 1.807) is 6.92 Å². The Hall–Kier alpha value is -0.290.